The normalized spacial score (nSPS) is 19.7. The second-order valence-corrected chi connectivity index (χ2v) is 23.4. The molecule has 4 amide bonds. The Morgan fingerprint density at radius 2 is 1.57 bits per heavy atom. The highest BCUT2D eigenvalue weighted by molar-refractivity contribution is 6.36. The number of likely N-dealkylation sites (N-methyl/N-ethyl adjacent to an activating group) is 1. The van der Waals surface area contributed by atoms with Gasteiger partial charge in [0.2, 0.25) is 23.5 Å². The molecule has 4 aromatic carbocycles. The number of halogens is 4. The minimum absolute atomic E-state index is 0.0227. The van der Waals surface area contributed by atoms with E-state index in [1.807, 2.05) is 64.6 Å². The number of phenols is 2. The molecule has 5 aliphatic rings. The molecule has 3 atom stereocenters. The van der Waals surface area contributed by atoms with Crippen LogP contribution in [0.25, 0.3) is 27.8 Å². The molecule has 7 heterocycles. The zero-order chi connectivity index (χ0) is 61.3. The summed E-state index contributed by atoms with van der Waals surface area (Å²) in [6.07, 6.45) is 0.0736. The van der Waals surface area contributed by atoms with Crippen LogP contribution in [0.3, 0.4) is 0 Å². The van der Waals surface area contributed by atoms with Crippen molar-refractivity contribution in [2.45, 2.75) is 82.8 Å². The number of phenolic OH excluding ortho intramolecular Hbond substituents is 2. The summed E-state index contributed by atoms with van der Waals surface area (Å²) in [5, 5.41) is 43.1. The first-order chi connectivity index (χ1) is 41.9. The summed E-state index contributed by atoms with van der Waals surface area (Å²) >= 11 is 6.81. The Morgan fingerprint density at radius 1 is 0.851 bits per heavy atom. The molecule has 11 rings (SSSR count). The number of carbonyl (C=O) groups is 4. The second kappa shape index (κ2) is 25.4. The van der Waals surface area contributed by atoms with Crippen LogP contribution in [0.5, 0.6) is 17.5 Å². The molecule has 0 radical (unpaired) electrons. The van der Waals surface area contributed by atoms with E-state index in [-0.39, 0.29) is 83.7 Å². The van der Waals surface area contributed by atoms with E-state index in [0.717, 1.165) is 45.2 Å². The van der Waals surface area contributed by atoms with Crippen molar-refractivity contribution in [1.29, 1.82) is 5.26 Å². The number of fused-ring (bicyclic) bond motifs is 2. The Balaban J connectivity index is 0.686. The third-order valence-electron chi connectivity index (χ3n) is 17.6. The summed E-state index contributed by atoms with van der Waals surface area (Å²) in [4.78, 5) is 78.4. The largest absolute Gasteiger partial charge is 0.508 e. The topological polar surface area (TPSA) is 233 Å². The van der Waals surface area contributed by atoms with Crippen LogP contribution in [0.15, 0.2) is 85.5 Å². The number of carbonyl (C=O) groups excluding carboxylic acids is 4. The number of nitrogens with one attached hydrogen (secondary N) is 1. The molecule has 0 bridgehead atoms. The van der Waals surface area contributed by atoms with Crippen LogP contribution in [0, 0.1) is 24.2 Å². The molecule has 4 saturated heterocycles. The molecule has 456 valence electrons. The maximum atomic E-state index is 14.2. The number of rotatable bonds is 15. The molecule has 25 heteroatoms. The Hall–Kier alpha value is -8.53. The number of ether oxygens (including phenoxy) is 1. The van der Waals surface area contributed by atoms with Gasteiger partial charge in [0.05, 0.1) is 47.4 Å². The number of anilines is 2. The maximum Gasteiger partial charge on any atom is 0.405 e. The van der Waals surface area contributed by atoms with Crippen LogP contribution in [0.2, 0.25) is 5.02 Å². The molecule has 0 spiro atoms. The Kier molecular flexibility index (Phi) is 17.6. The van der Waals surface area contributed by atoms with Gasteiger partial charge in [0.15, 0.2) is 5.82 Å². The van der Waals surface area contributed by atoms with E-state index in [1.165, 1.54) is 16.7 Å². The van der Waals surface area contributed by atoms with Crippen LogP contribution >= 0.6 is 11.6 Å². The van der Waals surface area contributed by atoms with Crippen molar-refractivity contribution in [3.8, 4) is 40.7 Å². The fourth-order valence-electron chi connectivity index (χ4n) is 12.8. The van der Waals surface area contributed by atoms with E-state index in [4.69, 9.17) is 26.3 Å². The van der Waals surface area contributed by atoms with Crippen molar-refractivity contribution in [1.82, 2.24) is 54.5 Å². The smallest absolute Gasteiger partial charge is 0.405 e. The molecule has 6 aromatic rings. The number of aromatic hydroxyl groups is 2. The average Bonchev–Trinajstić information content (AvgIpc) is 2.96. The highest BCUT2D eigenvalue weighted by Crippen LogP contribution is 2.39. The third-order valence-corrected chi connectivity index (χ3v) is 17.9. The molecule has 2 aromatic heterocycles. The number of alkyl halides is 3. The van der Waals surface area contributed by atoms with Crippen LogP contribution < -0.4 is 19.9 Å². The first kappa shape index (κ1) is 60.2. The average molecular weight is 1210 g/mol. The van der Waals surface area contributed by atoms with Crippen LogP contribution in [-0.4, -0.2) is 193 Å². The summed E-state index contributed by atoms with van der Waals surface area (Å²) in [6.45, 7) is 10.0. The lowest BCUT2D eigenvalue weighted by atomic mass is 9.94. The minimum atomic E-state index is -4.67. The van der Waals surface area contributed by atoms with Gasteiger partial charge in [-0.1, -0.05) is 54.6 Å². The molecule has 3 N–H and O–H groups in total. The van der Waals surface area contributed by atoms with Gasteiger partial charge >= 0.3 is 12.2 Å². The number of nitrogens with zero attached hydrogens (tertiary/aromatic N) is 13. The summed E-state index contributed by atoms with van der Waals surface area (Å²) in [6, 6.07) is 23.2. The van der Waals surface area contributed by atoms with Gasteiger partial charge in [0.25, 0.3) is 5.91 Å². The monoisotopic (exact) mass is 1210 g/mol. The summed E-state index contributed by atoms with van der Waals surface area (Å²) in [5.74, 6) is -1.68. The van der Waals surface area contributed by atoms with Crippen molar-refractivity contribution in [3.63, 3.8) is 0 Å². The fraction of sp³-hybridized carbons (Fsp3) is 0.435. The number of hydrogen-bond acceptors (Lipinski definition) is 16. The SMILES string of the molecule is C=CC(=O)N1CCN(c2nc(OC[C@@H]3CC[C@H](C(=O)N4CCN(C(=O)C5CCN(Cc6ccc(-n7c(C(=O)NCC(F)(F)F)nnc7-c7cc(C)c(O)cc7O)cc6)CC5)CC4)N3C)nc3c2CCN(c2cccc4cccc(Cl)c24)C3)C[C@@H]1CC#N. The van der Waals surface area contributed by atoms with E-state index in [9.17, 15) is 47.8 Å². The highest BCUT2D eigenvalue weighted by Gasteiger charge is 2.41. The number of amides is 4. The Morgan fingerprint density at radius 3 is 2.29 bits per heavy atom. The van der Waals surface area contributed by atoms with E-state index in [0.29, 0.717) is 127 Å². The van der Waals surface area contributed by atoms with Gasteiger partial charge in [0.1, 0.15) is 30.5 Å². The minimum Gasteiger partial charge on any atom is -0.508 e. The Labute approximate surface area is 506 Å². The zero-order valence-corrected chi connectivity index (χ0v) is 49.2. The maximum absolute atomic E-state index is 14.2. The fourth-order valence-corrected chi connectivity index (χ4v) is 13.1. The molecular formula is C62H68ClF3N14O7. The van der Waals surface area contributed by atoms with Gasteiger partial charge in [0, 0.05) is 99.3 Å². The molecule has 4 fully saturated rings. The van der Waals surface area contributed by atoms with Gasteiger partial charge in [-0.15, -0.1) is 10.2 Å². The standard InChI is InChI=1S/C62H68ClF3N14O7/c1-4-53(83)79-30-29-78(34-43(79)17-21-67)55-45-20-24-77(49-10-6-8-40-7-5-9-47(63)54(40)49)35-48(45)69-61(70-55)87-36-44-15-16-50(73(44)3)60(86)76-27-25-75(26-28-76)59(85)41-18-22-74(23-19-41)33-39-11-13-42(14-12-39)80-56(46-31-38(2)51(81)32-52(46)82)71-72-57(80)58(84)68-37-62(64,65)66/h4-14,31-32,41,43-44,50,81-82H,1,15-20,22-30,33-37H2,2-3H3,(H,68,84)/t43-,44-,50+/m0/s1. The van der Waals surface area contributed by atoms with Crippen molar-refractivity contribution >= 4 is 57.5 Å². The summed E-state index contributed by atoms with van der Waals surface area (Å²) < 4.78 is 47.0. The number of piperidine rings is 1. The predicted molar refractivity (Wildman–Crippen MR) is 318 cm³/mol. The van der Waals surface area contributed by atoms with E-state index in [1.54, 1.807) is 24.0 Å². The van der Waals surface area contributed by atoms with Crippen LogP contribution in [-0.2, 0) is 33.9 Å². The van der Waals surface area contributed by atoms with E-state index >= 15 is 0 Å². The van der Waals surface area contributed by atoms with Crippen LogP contribution in [0.1, 0.15) is 65.1 Å². The number of aromatic nitrogens is 5. The van der Waals surface area contributed by atoms with Crippen molar-refractivity contribution in [3.05, 3.63) is 119 Å². The lowest BCUT2D eigenvalue weighted by Crippen LogP contribution is -2.56. The molecule has 21 nitrogen and oxygen atoms in total. The lowest BCUT2D eigenvalue weighted by Gasteiger charge is -2.42. The van der Waals surface area contributed by atoms with Gasteiger partial charge in [-0.25, -0.2) is 0 Å². The van der Waals surface area contributed by atoms with Crippen molar-refractivity contribution in [2.24, 2.45) is 5.92 Å². The molecule has 5 aliphatic heterocycles. The van der Waals surface area contributed by atoms with Gasteiger partial charge in [-0.3, -0.25) is 33.5 Å². The Bertz CT molecular complexity index is 3630. The number of aryl methyl sites for hydroxylation is 1. The van der Waals surface area contributed by atoms with E-state index in [2.05, 4.69) is 48.5 Å². The number of benzene rings is 4. The molecular weight excluding hydrogens is 1150 g/mol. The predicted octanol–water partition coefficient (Wildman–Crippen LogP) is 6.65. The third kappa shape index (κ3) is 12.8. The number of piperazine rings is 2. The molecule has 0 saturated carbocycles. The first-order valence-electron chi connectivity index (χ1n) is 29.3. The van der Waals surface area contributed by atoms with Crippen LogP contribution in [0.4, 0.5) is 24.7 Å². The van der Waals surface area contributed by atoms with Gasteiger partial charge in [-0.05, 0) is 112 Å². The second-order valence-electron chi connectivity index (χ2n) is 23.0. The van der Waals surface area contributed by atoms with E-state index < -0.39 is 24.5 Å². The zero-order valence-electron chi connectivity index (χ0n) is 48.4. The first-order valence-corrected chi connectivity index (χ1v) is 29.7. The molecule has 87 heavy (non-hydrogen) atoms. The number of likely N-dealkylation sites (tertiary alicyclic amines) is 2. The number of hydrogen-bond donors (Lipinski definition) is 3. The molecule has 0 unspecified atom stereocenters. The summed E-state index contributed by atoms with van der Waals surface area (Å²) in [5.41, 5.74) is 4.56. The number of nitriles is 1. The lowest BCUT2D eigenvalue weighted by molar-refractivity contribution is -0.145. The van der Waals surface area contributed by atoms with Gasteiger partial charge < -0.3 is 44.8 Å². The quantitative estimate of drug-likeness (QED) is 0.0914. The van der Waals surface area contributed by atoms with Crippen molar-refractivity contribution in [2.75, 3.05) is 95.4 Å². The summed E-state index contributed by atoms with van der Waals surface area (Å²) in [7, 11) is 1.95. The molecule has 0 aliphatic carbocycles. The van der Waals surface area contributed by atoms with Gasteiger partial charge in [-0.2, -0.15) is 28.4 Å². The highest BCUT2D eigenvalue weighted by atomic mass is 35.5. The van der Waals surface area contributed by atoms with Crippen molar-refractivity contribution < 1.29 is 47.3 Å².